The van der Waals surface area contributed by atoms with Gasteiger partial charge in [-0.05, 0) is 50.2 Å². The van der Waals surface area contributed by atoms with E-state index in [0.29, 0.717) is 43.4 Å². The van der Waals surface area contributed by atoms with Crippen LogP contribution in [0, 0.1) is 0 Å². The molecule has 0 unspecified atom stereocenters. The third kappa shape index (κ3) is 4.39. The van der Waals surface area contributed by atoms with Crippen LogP contribution in [0.2, 0.25) is 0 Å². The number of benzene rings is 2. The number of thiazole rings is 1. The van der Waals surface area contributed by atoms with Crippen LogP contribution in [0.5, 0.6) is 11.5 Å². The van der Waals surface area contributed by atoms with Crippen LogP contribution in [-0.4, -0.2) is 55.2 Å². The molecule has 0 saturated carbocycles. The monoisotopic (exact) mass is 489 g/mol. The predicted molar refractivity (Wildman–Crippen MR) is 124 cm³/mol. The van der Waals surface area contributed by atoms with Crippen LogP contribution in [0.3, 0.4) is 0 Å². The third-order valence-electron chi connectivity index (χ3n) is 4.97. The van der Waals surface area contributed by atoms with Gasteiger partial charge in [-0.3, -0.25) is 4.79 Å². The van der Waals surface area contributed by atoms with E-state index in [-0.39, 0.29) is 5.91 Å². The van der Waals surface area contributed by atoms with Crippen molar-refractivity contribution in [2.45, 2.75) is 13.8 Å². The average Bonchev–Trinajstić information content (AvgIpc) is 3.18. The van der Waals surface area contributed by atoms with Gasteiger partial charge in [-0.25, -0.2) is 4.98 Å². The number of piperazine rings is 1. The fraction of sp³-hybridized carbons (Fsp3) is 0.364. The van der Waals surface area contributed by atoms with Gasteiger partial charge in [-0.1, -0.05) is 27.3 Å². The van der Waals surface area contributed by atoms with Crippen molar-refractivity contribution >= 4 is 48.5 Å². The molecule has 0 spiro atoms. The summed E-state index contributed by atoms with van der Waals surface area (Å²) >= 11 is 5.20. The molecule has 30 heavy (non-hydrogen) atoms. The highest BCUT2D eigenvalue weighted by Crippen LogP contribution is 2.32. The van der Waals surface area contributed by atoms with Crippen molar-refractivity contribution in [3.05, 3.63) is 46.4 Å². The number of rotatable bonds is 6. The van der Waals surface area contributed by atoms with Gasteiger partial charge in [0.1, 0.15) is 0 Å². The van der Waals surface area contributed by atoms with Crippen LogP contribution >= 0.6 is 27.3 Å². The molecular weight excluding hydrogens is 466 g/mol. The summed E-state index contributed by atoms with van der Waals surface area (Å²) < 4.78 is 13.5. The van der Waals surface area contributed by atoms with E-state index in [2.05, 4.69) is 26.9 Å². The summed E-state index contributed by atoms with van der Waals surface area (Å²) in [5.74, 6) is 1.31. The van der Waals surface area contributed by atoms with Crippen molar-refractivity contribution in [3.63, 3.8) is 0 Å². The van der Waals surface area contributed by atoms with Gasteiger partial charge in [-0.15, -0.1) is 0 Å². The van der Waals surface area contributed by atoms with Gasteiger partial charge in [0.2, 0.25) is 0 Å². The normalized spacial score (nSPS) is 14.2. The first kappa shape index (κ1) is 20.9. The summed E-state index contributed by atoms with van der Waals surface area (Å²) in [4.78, 5) is 21.9. The summed E-state index contributed by atoms with van der Waals surface area (Å²) in [6.45, 7) is 7.78. The lowest BCUT2D eigenvalue weighted by Gasteiger charge is -2.34. The number of hydrogen-bond acceptors (Lipinski definition) is 6. The number of carbonyl (C=O) groups is 1. The Balaban J connectivity index is 1.44. The Morgan fingerprint density at radius 1 is 1.03 bits per heavy atom. The number of amides is 1. The Bertz CT molecular complexity index is 1050. The number of hydrogen-bond donors (Lipinski definition) is 0. The fourth-order valence-electron chi connectivity index (χ4n) is 3.49. The second-order valence-electron chi connectivity index (χ2n) is 6.92. The number of anilines is 1. The van der Waals surface area contributed by atoms with Crippen LogP contribution in [0.1, 0.15) is 24.2 Å². The molecule has 3 aromatic rings. The van der Waals surface area contributed by atoms with Gasteiger partial charge >= 0.3 is 0 Å². The minimum atomic E-state index is 0.0203. The maximum absolute atomic E-state index is 13.0. The molecule has 0 N–H and O–H groups in total. The van der Waals surface area contributed by atoms with Crippen molar-refractivity contribution in [1.29, 1.82) is 0 Å². The lowest BCUT2D eigenvalue weighted by atomic mass is 10.1. The molecule has 158 valence electrons. The molecule has 1 aromatic heterocycles. The number of nitrogens with zero attached hydrogens (tertiary/aromatic N) is 3. The van der Waals surface area contributed by atoms with Gasteiger partial charge < -0.3 is 19.3 Å². The minimum absolute atomic E-state index is 0.0203. The van der Waals surface area contributed by atoms with E-state index in [1.54, 1.807) is 17.4 Å². The van der Waals surface area contributed by atoms with Gasteiger partial charge in [0, 0.05) is 36.2 Å². The quantitative estimate of drug-likeness (QED) is 0.496. The number of fused-ring (bicyclic) bond motifs is 1. The SMILES string of the molecule is CCOc1ccc(C(=O)N2CCN(c3nc4ccc(Br)cc4s3)CC2)cc1OCC. The molecule has 0 radical (unpaired) electrons. The second kappa shape index (κ2) is 9.22. The predicted octanol–water partition coefficient (Wildman–Crippen LogP) is 4.82. The van der Waals surface area contributed by atoms with Crippen molar-refractivity contribution in [2.75, 3.05) is 44.3 Å². The number of ether oxygens (including phenoxy) is 2. The molecule has 4 rings (SSSR count). The van der Waals surface area contributed by atoms with Crippen LogP contribution < -0.4 is 14.4 Å². The molecule has 1 fully saturated rings. The maximum atomic E-state index is 13.0. The first-order valence-corrected chi connectivity index (χ1v) is 11.7. The van der Waals surface area contributed by atoms with E-state index in [1.165, 1.54) is 0 Å². The van der Waals surface area contributed by atoms with E-state index in [1.807, 2.05) is 43.0 Å². The van der Waals surface area contributed by atoms with E-state index in [9.17, 15) is 4.79 Å². The number of aromatic nitrogens is 1. The van der Waals surface area contributed by atoms with Crippen LogP contribution in [0.15, 0.2) is 40.9 Å². The van der Waals surface area contributed by atoms with Crippen LogP contribution in [0.25, 0.3) is 10.2 Å². The first-order valence-electron chi connectivity index (χ1n) is 10.1. The minimum Gasteiger partial charge on any atom is -0.490 e. The zero-order valence-electron chi connectivity index (χ0n) is 17.1. The van der Waals surface area contributed by atoms with Gasteiger partial charge in [0.15, 0.2) is 16.6 Å². The molecule has 1 amide bonds. The summed E-state index contributed by atoms with van der Waals surface area (Å²) in [5.41, 5.74) is 1.63. The molecular formula is C22H24BrN3O3S. The summed E-state index contributed by atoms with van der Waals surface area (Å²) in [7, 11) is 0. The fourth-order valence-corrected chi connectivity index (χ4v) is 5.06. The topological polar surface area (TPSA) is 54.9 Å². The Hall–Kier alpha value is -2.32. The smallest absolute Gasteiger partial charge is 0.254 e. The highest BCUT2D eigenvalue weighted by Gasteiger charge is 2.24. The van der Waals surface area contributed by atoms with Crippen LogP contribution in [0.4, 0.5) is 5.13 Å². The Morgan fingerprint density at radius 3 is 2.50 bits per heavy atom. The molecule has 0 aliphatic carbocycles. The molecule has 6 nitrogen and oxygen atoms in total. The van der Waals surface area contributed by atoms with Crippen molar-refractivity contribution in [1.82, 2.24) is 9.88 Å². The van der Waals surface area contributed by atoms with Crippen molar-refractivity contribution in [2.24, 2.45) is 0 Å². The molecule has 1 saturated heterocycles. The Morgan fingerprint density at radius 2 is 1.77 bits per heavy atom. The van der Waals surface area contributed by atoms with E-state index in [0.717, 1.165) is 32.9 Å². The van der Waals surface area contributed by atoms with E-state index in [4.69, 9.17) is 14.5 Å². The summed E-state index contributed by atoms with van der Waals surface area (Å²) in [6.07, 6.45) is 0. The summed E-state index contributed by atoms with van der Waals surface area (Å²) in [5, 5.41) is 1.01. The number of carbonyl (C=O) groups excluding carboxylic acids is 1. The zero-order chi connectivity index (χ0) is 21.1. The van der Waals surface area contributed by atoms with E-state index < -0.39 is 0 Å². The zero-order valence-corrected chi connectivity index (χ0v) is 19.5. The maximum Gasteiger partial charge on any atom is 0.254 e. The lowest BCUT2D eigenvalue weighted by molar-refractivity contribution is 0.0746. The lowest BCUT2D eigenvalue weighted by Crippen LogP contribution is -2.48. The number of halogens is 1. The molecule has 2 aromatic carbocycles. The third-order valence-corrected chi connectivity index (χ3v) is 6.54. The van der Waals surface area contributed by atoms with Crippen molar-refractivity contribution < 1.29 is 14.3 Å². The molecule has 0 atom stereocenters. The van der Waals surface area contributed by atoms with Gasteiger partial charge in [0.25, 0.3) is 5.91 Å². The molecule has 8 heteroatoms. The molecule has 1 aliphatic rings. The highest BCUT2D eigenvalue weighted by molar-refractivity contribution is 9.10. The first-order chi connectivity index (χ1) is 14.6. The molecule has 0 bridgehead atoms. The largest absolute Gasteiger partial charge is 0.490 e. The highest BCUT2D eigenvalue weighted by atomic mass is 79.9. The molecule has 1 aliphatic heterocycles. The van der Waals surface area contributed by atoms with Crippen LogP contribution in [-0.2, 0) is 0 Å². The Kier molecular flexibility index (Phi) is 6.43. The molecule has 2 heterocycles. The van der Waals surface area contributed by atoms with Crippen molar-refractivity contribution in [3.8, 4) is 11.5 Å². The van der Waals surface area contributed by atoms with E-state index >= 15 is 0 Å². The van der Waals surface area contributed by atoms with Gasteiger partial charge in [0.05, 0.1) is 23.4 Å². The van der Waals surface area contributed by atoms with Gasteiger partial charge in [-0.2, -0.15) is 0 Å². The second-order valence-corrected chi connectivity index (χ2v) is 8.84. The Labute approximate surface area is 188 Å². The standard InChI is InChI=1S/C22H24BrN3O3S/c1-3-28-18-8-5-15(13-19(18)29-4-2)21(27)25-9-11-26(12-10-25)22-24-17-7-6-16(23)14-20(17)30-22/h5-8,13-14H,3-4,9-12H2,1-2H3. The summed E-state index contributed by atoms with van der Waals surface area (Å²) in [6, 6.07) is 11.6. The average molecular weight is 490 g/mol.